The average Bonchev–Trinajstić information content (AvgIpc) is 2.89. The molecule has 0 aliphatic carbocycles. The third-order valence-corrected chi connectivity index (χ3v) is 4.25. The molecule has 3 atom stereocenters. The maximum atomic E-state index is 4.26. The summed E-state index contributed by atoms with van der Waals surface area (Å²) in [6, 6.07) is 2.63. The van der Waals surface area contributed by atoms with Gasteiger partial charge in [0, 0.05) is 32.4 Å². The second-order valence-electron chi connectivity index (χ2n) is 5.19. The van der Waals surface area contributed by atoms with Crippen molar-refractivity contribution < 1.29 is 0 Å². The molecule has 3 heterocycles. The first-order chi connectivity index (χ1) is 7.75. The van der Waals surface area contributed by atoms with Gasteiger partial charge in [0.15, 0.2) is 0 Å². The van der Waals surface area contributed by atoms with Crippen molar-refractivity contribution in [3.8, 4) is 0 Å². The van der Waals surface area contributed by atoms with Crippen molar-refractivity contribution in [3.63, 3.8) is 0 Å². The number of nitrogens with one attached hydrogen (secondary N) is 1. The van der Waals surface area contributed by atoms with Crippen molar-refractivity contribution in [2.75, 3.05) is 26.2 Å². The van der Waals surface area contributed by atoms with Crippen molar-refractivity contribution in [1.82, 2.24) is 20.0 Å². The second kappa shape index (κ2) is 3.86. The third kappa shape index (κ3) is 1.57. The van der Waals surface area contributed by atoms with Gasteiger partial charge >= 0.3 is 0 Å². The zero-order valence-corrected chi connectivity index (χ0v) is 10.1. The van der Waals surface area contributed by atoms with E-state index in [1.54, 1.807) is 0 Å². The molecule has 2 saturated heterocycles. The summed E-state index contributed by atoms with van der Waals surface area (Å²) in [6.07, 6.45) is 1.89. The molecule has 2 aliphatic heterocycles. The average molecular weight is 220 g/mol. The van der Waals surface area contributed by atoms with Crippen LogP contribution in [0.1, 0.15) is 18.7 Å². The Morgan fingerprint density at radius 3 is 2.62 bits per heavy atom. The summed E-state index contributed by atoms with van der Waals surface area (Å²) in [6.45, 7) is 7.19. The molecular formula is C12H20N4. The summed E-state index contributed by atoms with van der Waals surface area (Å²) in [4.78, 5) is 2.60. The lowest BCUT2D eigenvalue weighted by molar-refractivity contribution is 0.235. The maximum absolute atomic E-state index is 4.26. The molecule has 0 radical (unpaired) electrons. The molecule has 0 spiro atoms. The van der Waals surface area contributed by atoms with Crippen molar-refractivity contribution in [2.24, 2.45) is 18.9 Å². The highest BCUT2D eigenvalue weighted by atomic mass is 15.3. The van der Waals surface area contributed by atoms with Gasteiger partial charge in [-0.2, -0.15) is 5.10 Å². The topological polar surface area (TPSA) is 33.1 Å². The fraction of sp³-hybridized carbons (Fsp3) is 0.750. The van der Waals surface area contributed by atoms with Gasteiger partial charge in [-0.05, 0) is 37.9 Å². The van der Waals surface area contributed by atoms with E-state index >= 15 is 0 Å². The Morgan fingerprint density at radius 1 is 1.38 bits per heavy atom. The van der Waals surface area contributed by atoms with Crippen molar-refractivity contribution in [1.29, 1.82) is 0 Å². The van der Waals surface area contributed by atoms with Gasteiger partial charge in [-0.25, -0.2) is 0 Å². The van der Waals surface area contributed by atoms with E-state index in [4.69, 9.17) is 0 Å². The first-order valence-corrected chi connectivity index (χ1v) is 6.18. The summed E-state index contributed by atoms with van der Waals surface area (Å²) < 4.78 is 2.00. The van der Waals surface area contributed by atoms with E-state index in [1.807, 2.05) is 17.9 Å². The molecule has 4 nitrogen and oxygen atoms in total. The number of aromatic nitrogens is 2. The van der Waals surface area contributed by atoms with Gasteiger partial charge in [0.2, 0.25) is 0 Å². The first kappa shape index (κ1) is 10.3. The zero-order valence-electron chi connectivity index (χ0n) is 10.1. The Labute approximate surface area is 96.6 Å². The number of nitrogens with zero attached hydrogens (tertiary/aromatic N) is 3. The monoisotopic (exact) mass is 220 g/mol. The minimum absolute atomic E-state index is 0.498. The highest BCUT2D eigenvalue weighted by Crippen LogP contribution is 2.32. The van der Waals surface area contributed by atoms with Crippen LogP contribution in [-0.4, -0.2) is 40.9 Å². The summed E-state index contributed by atoms with van der Waals surface area (Å²) >= 11 is 0. The van der Waals surface area contributed by atoms with Gasteiger partial charge in [-0.1, -0.05) is 0 Å². The van der Waals surface area contributed by atoms with Gasteiger partial charge in [0.25, 0.3) is 0 Å². The molecule has 1 unspecified atom stereocenters. The Balaban J connectivity index is 1.73. The van der Waals surface area contributed by atoms with Crippen molar-refractivity contribution >= 4 is 0 Å². The van der Waals surface area contributed by atoms with E-state index < -0.39 is 0 Å². The fourth-order valence-electron chi connectivity index (χ4n) is 3.19. The second-order valence-corrected chi connectivity index (χ2v) is 5.19. The molecule has 0 amide bonds. The van der Waals surface area contributed by atoms with E-state index in [9.17, 15) is 0 Å². The summed E-state index contributed by atoms with van der Waals surface area (Å²) in [5.41, 5.74) is 1.33. The zero-order chi connectivity index (χ0) is 11.1. The van der Waals surface area contributed by atoms with Gasteiger partial charge in [-0.15, -0.1) is 0 Å². The van der Waals surface area contributed by atoms with Gasteiger partial charge < -0.3 is 5.32 Å². The fourth-order valence-corrected chi connectivity index (χ4v) is 3.19. The lowest BCUT2D eigenvalue weighted by Crippen LogP contribution is -2.29. The van der Waals surface area contributed by atoms with Crippen LogP contribution in [0.5, 0.6) is 0 Å². The van der Waals surface area contributed by atoms with Crippen LogP contribution in [0.3, 0.4) is 0 Å². The minimum Gasteiger partial charge on any atom is -0.316 e. The summed E-state index contributed by atoms with van der Waals surface area (Å²) in [7, 11) is 2.03. The molecule has 1 aromatic heterocycles. The predicted molar refractivity (Wildman–Crippen MR) is 63.0 cm³/mol. The number of aryl methyl sites for hydroxylation is 1. The molecule has 2 aliphatic rings. The van der Waals surface area contributed by atoms with E-state index in [-0.39, 0.29) is 0 Å². The maximum Gasteiger partial charge on any atom is 0.0549 e. The number of hydrogen-bond donors (Lipinski definition) is 1. The van der Waals surface area contributed by atoms with Crippen LogP contribution in [0.25, 0.3) is 0 Å². The van der Waals surface area contributed by atoms with Crippen molar-refractivity contribution in [3.05, 3.63) is 18.0 Å². The van der Waals surface area contributed by atoms with Gasteiger partial charge in [-0.3, -0.25) is 9.58 Å². The van der Waals surface area contributed by atoms with Crippen LogP contribution in [0.4, 0.5) is 0 Å². The largest absolute Gasteiger partial charge is 0.316 e. The van der Waals surface area contributed by atoms with Crippen LogP contribution in [-0.2, 0) is 7.05 Å². The van der Waals surface area contributed by atoms with Crippen molar-refractivity contribution in [2.45, 2.75) is 13.0 Å². The SMILES string of the molecule is CC(c1ccnn1C)N1C[C@H]2CNC[C@H]2C1. The lowest BCUT2D eigenvalue weighted by Gasteiger charge is -2.25. The highest BCUT2D eigenvalue weighted by molar-refractivity contribution is 5.07. The number of rotatable bonds is 2. The summed E-state index contributed by atoms with van der Waals surface area (Å²) in [5, 5.41) is 7.74. The van der Waals surface area contributed by atoms with Crippen LogP contribution < -0.4 is 5.32 Å². The summed E-state index contributed by atoms with van der Waals surface area (Å²) in [5.74, 6) is 1.74. The molecule has 4 heteroatoms. The highest BCUT2D eigenvalue weighted by Gasteiger charge is 2.38. The number of fused-ring (bicyclic) bond motifs is 1. The smallest absolute Gasteiger partial charge is 0.0549 e. The quantitative estimate of drug-likeness (QED) is 0.793. The van der Waals surface area contributed by atoms with Crippen LogP contribution in [0.2, 0.25) is 0 Å². The number of likely N-dealkylation sites (tertiary alicyclic amines) is 1. The molecular weight excluding hydrogens is 200 g/mol. The molecule has 16 heavy (non-hydrogen) atoms. The van der Waals surface area contributed by atoms with Gasteiger partial charge in [0.05, 0.1) is 5.69 Å². The standard InChI is InChI=1S/C12H20N4/c1-9(12-3-4-14-15(12)2)16-7-10-5-13-6-11(10)8-16/h3-4,9-11,13H,5-8H2,1-2H3/t9?,10-,11+. The van der Waals surface area contributed by atoms with Crippen LogP contribution in [0, 0.1) is 11.8 Å². The molecule has 2 fully saturated rings. The van der Waals surface area contributed by atoms with E-state index in [1.165, 1.54) is 31.9 Å². The minimum atomic E-state index is 0.498. The molecule has 1 N–H and O–H groups in total. The van der Waals surface area contributed by atoms with E-state index in [0.29, 0.717) is 6.04 Å². The molecule has 0 saturated carbocycles. The van der Waals surface area contributed by atoms with Gasteiger partial charge in [0.1, 0.15) is 0 Å². The third-order valence-electron chi connectivity index (χ3n) is 4.25. The lowest BCUT2D eigenvalue weighted by atomic mass is 10.0. The Hall–Kier alpha value is -0.870. The molecule has 88 valence electrons. The first-order valence-electron chi connectivity index (χ1n) is 6.18. The normalized spacial score (nSPS) is 31.9. The molecule has 3 rings (SSSR count). The Morgan fingerprint density at radius 2 is 2.06 bits per heavy atom. The molecule has 0 bridgehead atoms. The Bertz CT molecular complexity index is 361. The van der Waals surface area contributed by atoms with Crippen LogP contribution >= 0.6 is 0 Å². The molecule has 0 aromatic carbocycles. The Kier molecular flexibility index (Phi) is 2.48. The molecule has 1 aromatic rings. The van der Waals surface area contributed by atoms with E-state index in [0.717, 1.165) is 11.8 Å². The van der Waals surface area contributed by atoms with Crippen LogP contribution in [0.15, 0.2) is 12.3 Å². The van der Waals surface area contributed by atoms with E-state index in [2.05, 4.69) is 28.3 Å². The number of hydrogen-bond acceptors (Lipinski definition) is 3. The predicted octanol–water partition coefficient (Wildman–Crippen LogP) is 0.632.